The fraction of sp³-hybridized carbons (Fsp3) is 0.333. The number of anilines is 1. The van der Waals surface area contributed by atoms with E-state index in [1.807, 2.05) is 0 Å². The Morgan fingerprint density at radius 1 is 1.47 bits per heavy atom. The number of carbonyl (C=O) groups excluding carboxylic acids is 1. The van der Waals surface area contributed by atoms with Crippen molar-refractivity contribution in [2.45, 2.75) is 5.92 Å². The minimum absolute atomic E-state index is 0.0410. The second kappa shape index (κ2) is 4.55. The zero-order valence-corrected chi connectivity index (χ0v) is 9.42. The first kappa shape index (κ1) is 11.6. The summed E-state index contributed by atoms with van der Waals surface area (Å²) in [6, 6.07) is 7.06. The van der Waals surface area contributed by atoms with Gasteiger partial charge in [0.25, 0.3) is 5.91 Å². The van der Waals surface area contributed by atoms with Crippen LogP contribution in [0.2, 0.25) is 0 Å². The molecule has 1 atom stereocenters. The monoisotopic (exact) mass is 235 g/mol. The highest BCUT2D eigenvalue weighted by Crippen LogP contribution is 2.36. The maximum atomic E-state index is 11.8. The predicted octanol–water partition coefficient (Wildman–Crippen LogP) is 0.848. The van der Waals surface area contributed by atoms with Crippen LogP contribution in [-0.2, 0) is 14.3 Å². The van der Waals surface area contributed by atoms with E-state index in [9.17, 15) is 9.59 Å². The Kier molecular flexibility index (Phi) is 3.10. The van der Waals surface area contributed by atoms with Gasteiger partial charge in [0.1, 0.15) is 12.5 Å². The van der Waals surface area contributed by atoms with E-state index in [2.05, 4.69) is 0 Å². The molecule has 1 N–H and O–H groups in total. The molecule has 1 heterocycles. The molecule has 1 aromatic carbocycles. The van der Waals surface area contributed by atoms with E-state index < -0.39 is 11.9 Å². The number of aliphatic carboxylic acids is 1. The summed E-state index contributed by atoms with van der Waals surface area (Å²) in [5.41, 5.74) is 1.35. The topological polar surface area (TPSA) is 66.8 Å². The molecule has 1 amide bonds. The van der Waals surface area contributed by atoms with E-state index >= 15 is 0 Å². The van der Waals surface area contributed by atoms with Crippen molar-refractivity contribution in [3.05, 3.63) is 29.8 Å². The third kappa shape index (κ3) is 2.01. The van der Waals surface area contributed by atoms with Crippen LogP contribution in [0.15, 0.2) is 24.3 Å². The number of hydrogen-bond acceptors (Lipinski definition) is 3. The third-order valence-corrected chi connectivity index (χ3v) is 2.84. The minimum Gasteiger partial charge on any atom is -0.481 e. The third-order valence-electron chi connectivity index (χ3n) is 2.84. The molecular formula is C12H13NO4. The summed E-state index contributed by atoms with van der Waals surface area (Å²) in [7, 11) is 1.44. The van der Waals surface area contributed by atoms with Crippen LogP contribution in [-0.4, -0.2) is 37.2 Å². The molecule has 0 saturated carbocycles. The fourth-order valence-electron chi connectivity index (χ4n) is 2.06. The van der Waals surface area contributed by atoms with Gasteiger partial charge in [-0.2, -0.15) is 0 Å². The highest BCUT2D eigenvalue weighted by molar-refractivity contribution is 5.99. The Hall–Kier alpha value is -1.88. The lowest BCUT2D eigenvalue weighted by Gasteiger charge is -2.16. The van der Waals surface area contributed by atoms with Gasteiger partial charge in [-0.15, -0.1) is 0 Å². The summed E-state index contributed by atoms with van der Waals surface area (Å²) in [5.74, 6) is -1.78. The van der Waals surface area contributed by atoms with Gasteiger partial charge >= 0.3 is 5.97 Å². The van der Waals surface area contributed by atoms with Crippen LogP contribution in [0.3, 0.4) is 0 Å². The SMILES string of the molecule is COCC(=O)N1CC(C(=O)O)c2ccccc21. The Balaban J connectivity index is 2.34. The number of para-hydroxylation sites is 1. The highest BCUT2D eigenvalue weighted by Gasteiger charge is 2.35. The largest absolute Gasteiger partial charge is 0.481 e. The van der Waals surface area contributed by atoms with Crippen LogP contribution < -0.4 is 4.90 Å². The van der Waals surface area contributed by atoms with Crippen molar-refractivity contribution in [2.24, 2.45) is 0 Å². The lowest BCUT2D eigenvalue weighted by Crippen LogP contribution is -2.33. The Labute approximate surface area is 98.6 Å². The lowest BCUT2D eigenvalue weighted by atomic mass is 10.0. The van der Waals surface area contributed by atoms with Crippen molar-refractivity contribution in [3.63, 3.8) is 0 Å². The smallest absolute Gasteiger partial charge is 0.312 e. The Morgan fingerprint density at radius 2 is 2.18 bits per heavy atom. The van der Waals surface area contributed by atoms with Gasteiger partial charge in [-0.25, -0.2) is 0 Å². The summed E-state index contributed by atoms with van der Waals surface area (Å²) in [6.07, 6.45) is 0. The second-order valence-electron chi connectivity index (χ2n) is 3.89. The normalized spacial score (nSPS) is 17.9. The van der Waals surface area contributed by atoms with E-state index in [1.54, 1.807) is 24.3 Å². The zero-order valence-electron chi connectivity index (χ0n) is 9.42. The van der Waals surface area contributed by atoms with E-state index in [0.717, 1.165) is 0 Å². The Morgan fingerprint density at radius 3 is 2.82 bits per heavy atom. The van der Waals surface area contributed by atoms with Crippen molar-refractivity contribution < 1.29 is 19.4 Å². The molecule has 0 radical (unpaired) electrons. The lowest BCUT2D eigenvalue weighted by molar-refractivity contribution is -0.138. The molecule has 1 aliphatic heterocycles. The number of hydrogen-bond donors (Lipinski definition) is 1. The number of ether oxygens (including phenoxy) is 1. The summed E-state index contributed by atoms with van der Waals surface area (Å²) >= 11 is 0. The van der Waals surface area contributed by atoms with Gasteiger partial charge < -0.3 is 14.7 Å². The fourth-order valence-corrected chi connectivity index (χ4v) is 2.06. The van der Waals surface area contributed by atoms with Crippen molar-refractivity contribution in [1.29, 1.82) is 0 Å². The number of carboxylic acids is 1. The first-order chi connectivity index (χ1) is 8.15. The molecule has 90 valence electrons. The molecule has 2 rings (SSSR count). The molecule has 1 aliphatic rings. The average Bonchev–Trinajstić information content (AvgIpc) is 2.69. The molecule has 0 saturated heterocycles. The number of carboxylic acid groups (broad SMARTS) is 1. The Bertz CT molecular complexity index is 458. The number of fused-ring (bicyclic) bond motifs is 1. The molecule has 0 aromatic heterocycles. The number of amides is 1. The van der Waals surface area contributed by atoms with Crippen molar-refractivity contribution >= 4 is 17.6 Å². The van der Waals surface area contributed by atoms with E-state index in [1.165, 1.54) is 12.0 Å². The van der Waals surface area contributed by atoms with E-state index in [0.29, 0.717) is 11.3 Å². The van der Waals surface area contributed by atoms with Gasteiger partial charge in [0.05, 0.1) is 0 Å². The van der Waals surface area contributed by atoms with Gasteiger partial charge in [0, 0.05) is 19.3 Å². The maximum Gasteiger partial charge on any atom is 0.312 e. The maximum absolute atomic E-state index is 11.8. The first-order valence-corrected chi connectivity index (χ1v) is 5.26. The average molecular weight is 235 g/mol. The van der Waals surface area contributed by atoms with Crippen LogP contribution in [0.5, 0.6) is 0 Å². The van der Waals surface area contributed by atoms with Gasteiger partial charge in [-0.05, 0) is 11.6 Å². The zero-order chi connectivity index (χ0) is 12.4. The number of methoxy groups -OCH3 is 1. The quantitative estimate of drug-likeness (QED) is 0.843. The summed E-state index contributed by atoms with van der Waals surface area (Å²) in [6.45, 7) is 0.136. The van der Waals surface area contributed by atoms with Gasteiger partial charge in [-0.3, -0.25) is 9.59 Å². The molecule has 17 heavy (non-hydrogen) atoms. The van der Waals surface area contributed by atoms with Crippen LogP contribution in [0.4, 0.5) is 5.69 Å². The molecular weight excluding hydrogens is 222 g/mol. The molecule has 1 aromatic rings. The molecule has 0 bridgehead atoms. The molecule has 5 heteroatoms. The predicted molar refractivity (Wildman–Crippen MR) is 61.0 cm³/mol. The number of rotatable bonds is 3. The number of carbonyl (C=O) groups is 2. The minimum atomic E-state index is -0.912. The standard InChI is InChI=1S/C12H13NO4/c1-17-7-11(14)13-6-9(12(15)16)8-4-2-3-5-10(8)13/h2-5,9H,6-7H2,1H3,(H,15,16). The molecule has 5 nitrogen and oxygen atoms in total. The molecule has 0 aliphatic carbocycles. The van der Waals surface area contributed by atoms with Crippen LogP contribution in [0.1, 0.15) is 11.5 Å². The van der Waals surface area contributed by atoms with Crippen molar-refractivity contribution in [3.8, 4) is 0 Å². The van der Waals surface area contributed by atoms with E-state index in [4.69, 9.17) is 9.84 Å². The first-order valence-electron chi connectivity index (χ1n) is 5.26. The van der Waals surface area contributed by atoms with E-state index in [-0.39, 0.29) is 19.1 Å². The summed E-state index contributed by atoms with van der Waals surface area (Å²) in [4.78, 5) is 24.4. The second-order valence-corrected chi connectivity index (χ2v) is 3.89. The van der Waals surface area contributed by atoms with Crippen LogP contribution in [0, 0.1) is 0 Å². The van der Waals surface area contributed by atoms with Gasteiger partial charge in [0.15, 0.2) is 0 Å². The van der Waals surface area contributed by atoms with Crippen molar-refractivity contribution in [2.75, 3.05) is 25.2 Å². The summed E-state index contributed by atoms with van der Waals surface area (Å²) < 4.78 is 4.79. The van der Waals surface area contributed by atoms with Crippen LogP contribution in [0.25, 0.3) is 0 Å². The number of nitrogens with zero attached hydrogens (tertiary/aromatic N) is 1. The van der Waals surface area contributed by atoms with Crippen molar-refractivity contribution in [1.82, 2.24) is 0 Å². The van der Waals surface area contributed by atoms with Gasteiger partial charge in [-0.1, -0.05) is 18.2 Å². The summed E-state index contributed by atoms with van der Waals surface area (Å²) in [5, 5.41) is 9.12. The molecule has 0 fully saturated rings. The van der Waals surface area contributed by atoms with Crippen LogP contribution >= 0.6 is 0 Å². The molecule has 1 unspecified atom stereocenters. The van der Waals surface area contributed by atoms with Gasteiger partial charge in [0.2, 0.25) is 0 Å². The number of benzene rings is 1. The molecule has 0 spiro atoms. The highest BCUT2D eigenvalue weighted by atomic mass is 16.5.